The van der Waals surface area contributed by atoms with Crippen molar-refractivity contribution >= 4 is 11.6 Å². The number of carbonyl (C=O) groups is 2. The lowest BCUT2D eigenvalue weighted by Crippen LogP contribution is -2.36. The smallest absolute Gasteiger partial charge is 0.196 e. The van der Waals surface area contributed by atoms with Crippen molar-refractivity contribution in [1.82, 2.24) is 0 Å². The molecule has 0 aromatic heterocycles. The van der Waals surface area contributed by atoms with Crippen LogP contribution in [-0.2, 0) is 4.74 Å². The first-order valence-electron chi connectivity index (χ1n) is 6.69. The molecule has 2 aliphatic rings. The maximum absolute atomic E-state index is 12.7. The van der Waals surface area contributed by atoms with E-state index in [4.69, 9.17) is 9.47 Å². The van der Waals surface area contributed by atoms with Crippen molar-refractivity contribution in [3.63, 3.8) is 0 Å². The summed E-state index contributed by atoms with van der Waals surface area (Å²) in [6.45, 7) is 3.73. The Morgan fingerprint density at radius 1 is 1.20 bits per heavy atom. The summed E-state index contributed by atoms with van der Waals surface area (Å²) in [5.41, 5.74) is 1.89. The topological polar surface area (TPSA) is 52.6 Å². The molecular weight excluding hydrogens is 256 g/mol. The third-order valence-corrected chi connectivity index (χ3v) is 3.90. The van der Waals surface area contributed by atoms with Crippen molar-refractivity contribution in [2.24, 2.45) is 0 Å². The van der Waals surface area contributed by atoms with Crippen LogP contribution in [0.25, 0.3) is 0 Å². The predicted molar refractivity (Wildman–Crippen MR) is 73.3 cm³/mol. The molecule has 104 valence electrons. The minimum Gasteiger partial charge on any atom is -0.496 e. The van der Waals surface area contributed by atoms with Crippen molar-refractivity contribution in [3.8, 4) is 5.75 Å². The van der Waals surface area contributed by atoms with Crippen molar-refractivity contribution in [2.45, 2.75) is 32.5 Å². The fourth-order valence-corrected chi connectivity index (χ4v) is 3.07. The minimum atomic E-state index is -0.358. The summed E-state index contributed by atoms with van der Waals surface area (Å²) in [6.07, 6.45) is 0.0804. The van der Waals surface area contributed by atoms with Crippen LogP contribution in [0.2, 0.25) is 0 Å². The highest BCUT2D eigenvalue weighted by atomic mass is 16.5. The molecule has 0 bridgehead atoms. The van der Waals surface area contributed by atoms with Crippen LogP contribution in [0, 0.1) is 0 Å². The van der Waals surface area contributed by atoms with Gasteiger partial charge in [-0.2, -0.15) is 0 Å². The number of methoxy groups -OCH3 is 1. The molecule has 1 heterocycles. The largest absolute Gasteiger partial charge is 0.496 e. The van der Waals surface area contributed by atoms with Gasteiger partial charge in [0.1, 0.15) is 5.75 Å². The second-order valence-corrected chi connectivity index (χ2v) is 5.23. The molecule has 0 spiro atoms. The fourth-order valence-electron chi connectivity index (χ4n) is 3.07. The molecule has 4 nitrogen and oxygen atoms in total. The average Bonchev–Trinajstić information content (AvgIpc) is 2.43. The quantitative estimate of drug-likeness (QED) is 0.788. The van der Waals surface area contributed by atoms with Gasteiger partial charge in [-0.25, -0.2) is 0 Å². The zero-order valence-corrected chi connectivity index (χ0v) is 11.7. The number of rotatable bonds is 1. The van der Waals surface area contributed by atoms with E-state index < -0.39 is 0 Å². The van der Waals surface area contributed by atoms with E-state index in [9.17, 15) is 9.59 Å². The summed E-state index contributed by atoms with van der Waals surface area (Å²) in [5.74, 6) is 0.222. The molecule has 0 fully saturated rings. The second-order valence-electron chi connectivity index (χ2n) is 5.23. The minimum absolute atomic E-state index is 0.0485. The van der Waals surface area contributed by atoms with Crippen LogP contribution in [-0.4, -0.2) is 30.9 Å². The van der Waals surface area contributed by atoms with E-state index >= 15 is 0 Å². The van der Waals surface area contributed by atoms with Gasteiger partial charge in [0.25, 0.3) is 0 Å². The summed E-state index contributed by atoms with van der Waals surface area (Å²) < 4.78 is 10.9. The van der Waals surface area contributed by atoms with E-state index in [0.29, 0.717) is 34.4 Å². The van der Waals surface area contributed by atoms with Gasteiger partial charge in [-0.3, -0.25) is 9.59 Å². The number of benzene rings is 1. The molecule has 3 rings (SSSR count). The average molecular weight is 272 g/mol. The first kappa shape index (κ1) is 13.1. The van der Waals surface area contributed by atoms with E-state index in [1.54, 1.807) is 18.2 Å². The Hall–Kier alpha value is -1.94. The zero-order chi connectivity index (χ0) is 14.4. The maximum atomic E-state index is 12.7. The number of hydrogen-bond donors (Lipinski definition) is 0. The van der Waals surface area contributed by atoms with Gasteiger partial charge in [-0.1, -0.05) is 12.1 Å². The molecule has 1 aromatic carbocycles. The second kappa shape index (κ2) is 4.56. The Kier molecular flexibility index (Phi) is 2.98. The maximum Gasteiger partial charge on any atom is 0.196 e. The van der Waals surface area contributed by atoms with E-state index in [1.807, 2.05) is 13.8 Å². The van der Waals surface area contributed by atoms with Crippen molar-refractivity contribution in [2.75, 3.05) is 7.11 Å². The molecule has 4 heteroatoms. The van der Waals surface area contributed by atoms with E-state index in [2.05, 4.69) is 0 Å². The molecule has 1 unspecified atom stereocenters. The van der Waals surface area contributed by atoms with Gasteiger partial charge >= 0.3 is 0 Å². The standard InChI is InChI=1S/C16H16O4/c1-8-7-11-13(9(2)20-8)16(18)14-10(15(11)17)5-4-6-12(14)19-3/h4-6,8-9H,7H2,1-3H3/t8?,9-/m1/s1. The number of fused-ring (bicyclic) bond motifs is 1. The third-order valence-electron chi connectivity index (χ3n) is 3.90. The van der Waals surface area contributed by atoms with Gasteiger partial charge in [-0.15, -0.1) is 0 Å². The number of ketones is 2. The summed E-state index contributed by atoms with van der Waals surface area (Å²) in [5, 5.41) is 0. The van der Waals surface area contributed by atoms with Gasteiger partial charge in [0.2, 0.25) is 0 Å². The SMILES string of the molecule is COc1cccc2c1C(=O)C1=C(CC(C)O[C@@H]1C)C2=O. The van der Waals surface area contributed by atoms with Crippen LogP contribution >= 0.6 is 0 Å². The molecule has 1 aliphatic heterocycles. The van der Waals surface area contributed by atoms with Crippen LogP contribution in [0.15, 0.2) is 29.3 Å². The van der Waals surface area contributed by atoms with Gasteiger partial charge in [-0.05, 0) is 19.9 Å². The lowest BCUT2D eigenvalue weighted by Gasteiger charge is -2.33. The molecule has 2 atom stereocenters. The Labute approximate surface area is 117 Å². The number of carbonyl (C=O) groups excluding carboxylic acids is 2. The van der Waals surface area contributed by atoms with Crippen LogP contribution in [0.1, 0.15) is 41.0 Å². The predicted octanol–water partition coefficient (Wildman–Crippen LogP) is 2.57. The van der Waals surface area contributed by atoms with E-state index in [0.717, 1.165) is 0 Å². The van der Waals surface area contributed by atoms with Crippen molar-refractivity contribution in [3.05, 3.63) is 40.5 Å². The summed E-state index contributed by atoms with van der Waals surface area (Å²) >= 11 is 0. The van der Waals surface area contributed by atoms with Crippen LogP contribution in [0.4, 0.5) is 0 Å². The lowest BCUT2D eigenvalue weighted by molar-refractivity contribution is 0.0148. The fraction of sp³-hybridized carbons (Fsp3) is 0.375. The Bertz CT molecular complexity index is 642. The highest BCUT2D eigenvalue weighted by molar-refractivity contribution is 6.28. The molecule has 0 saturated carbocycles. The van der Waals surface area contributed by atoms with Crippen molar-refractivity contribution in [1.29, 1.82) is 0 Å². The Balaban J connectivity index is 2.23. The monoisotopic (exact) mass is 272 g/mol. The van der Waals surface area contributed by atoms with Gasteiger partial charge in [0.05, 0.1) is 24.9 Å². The van der Waals surface area contributed by atoms with Gasteiger partial charge in [0.15, 0.2) is 11.6 Å². The molecular formula is C16H16O4. The number of Topliss-reactive ketones (excluding diaryl/α,β-unsaturated/α-hetero) is 2. The molecule has 0 saturated heterocycles. The normalized spacial score (nSPS) is 25.4. The first-order valence-corrected chi connectivity index (χ1v) is 6.69. The number of ether oxygens (including phenoxy) is 2. The van der Waals surface area contributed by atoms with Crippen LogP contribution < -0.4 is 4.74 Å². The molecule has 1 aromatic rings. The van der Waals surface area contributed by atoms with Gasteiger partial charge < -0.3 is 9.47 Å². The van der Waals surface area contributed by atoms with E-state index in [-0.39, 0.29) is 23.8 Å². The first-order chi connectivity index (χ1) is 9.54. The molecule has 0 radical (unpaired) electrons. The van der Waals surface area contributed by atoms with E-state index in [1.165, 1.54) is 7.11 Å². The highest BCUT2D eigenvalue weighted by Gasteiger charge is 2.40. The van der Waals surface area contributed by atoms with Crippen LogP contribution in [0.3, 0.4) is 0 Å². The van der Waals surface area contributed by atoms with Gasteiger partial charge in [0, 0.05) is 23.1 Å². The van der Waals surface area contributed by atoms with Crippen LogP contribution in [0.5, 0.6) is 5.75 Å². The Morgan fingerprint density at radius 3 is 2.65 bits per heavy atom. The van der Waals surface area contributed by atoms with Crippen molar-refractivity contribution < 1.29 is 19.1 Å². The zero-order valence-electron chi connectivity index (χ0n) is 11.7. The molecule has 0 N–H and O–H groups in total. The molecule has 1 aliphatic carbocycles. The third kappa shape index (κ3) is 1.72. The highest BCUT2D eigenvalue weighted by Crippen LogP contribution is 2.38. The summed E-state index contributed by atoms with van der Waals surface area (Å²) in [6, 6.07) is 5.12. The summed E-state index contributed by atoms with van der Waals surface area (Å²) in [7, 11) is 1.50. The molecule has 20 heavy (non-hydrogen) atoms. The lowest BCUT2D eigenvalue weighted by atomic mass is 9.78. The molecule has 0 amide bonds. The number of hydrogen-bond acceptors (Lipinski definition) is 4. The Morgan fingerprint density at radius 2 is 1.95 bits per heavy atom. The summed E-state index contributed by atoms with van der Waals surface area (Å²) in [4.78, 5) is 25.4.